The number of hydrogen-bond acceptors (Lipinski definition) is 4. The summed E-state index contributed by atoms with van der Waals surface area (Å²) in [6.45, 7) is 1.10. The molecule has 156 valence electrons. The molecule has 0 fully saturated rings. The van der Waals surface area contributed by atoms with Crippen LogP contribution in [-0.4, -0.2) is 17.9 Å². The molecule has 0 aliphatic heterocycles. The van der Waals surface area contributed by atoms with Crippen LogP contribution in [0.4, 0.5) is 5.69 Å². The third-order valence-electron chi connectivity index (χ3n) is 4.54. The zero-order chi connectivity index (χ0) is 22.1. The van der Waals surface area contributed by atoms with Gasteiger partial charge in [0.25, 0.3) is 5.91 Å². The number of benzene rings is 3. The maximum atomic E-state index is 12.8. The Morgan fingerprint density at radius 2 is 1.61 bits per heavy atom. The van der Waals surface area contributed by atoms with Crippen LogP contribution >= 0.6 is 11.6 Å². The molecule has 0 bridgehead atoms. The van der Waals surface area contributed by atoms with Gasteiger partial charge >= 0.3 is 0 Å². The van der Waals surface area contributed by atoms with E-state index in [0.29, 0.717) is 29.5 Å². The summed E-state index contributed by atoms with van der Waals surface area (Å²) in [5.74, 6) is -0.0744. The van der Waals surface area contributed by atoms with E-state index < -0.39 is 5.91 Å². The molecular formula is C25H22ClN3O2. The van der Waals surface area contributed by atoms with Crippen molar-refractivity contribution in [3.8, 4) is 11.8 Å². The van der Waals surface area contributed by atoms with Crippen molar-refractivity contribution in [3.05, 3.63) is 107 Å². The Kier molecular flexibility index (Phi) is 7.69. The fourth-order valence-corrected chi connectivity index (χ4v) is 3.24. The lowest BCUT2D eigenvalue weighted by molar-refractivity contribution is -0.112. The summed E-state index contributed by atoms with van der Waals surface area (Å²) >= 11 is 6.04. The Balaban J connectivity index is 1.86. The first-order valence-electron chi connectivity index (χ1n) is 9.67. The molecule has 1 amide bonds. The van der Waals surface area contributed by atoms with Crippen LogP contribution in [-0.2, 0) is 17.9 Å². The molecule has 31 heavy (non-hydrogen) atoms. The SMILES string of the molecule is COc1ccc(Cl)cc1NC(=O)/C(C#N)=C\N(Cc1ccccc1)Cc1ccccc1. The molecule has 3 aromatic carbocycles. The number of halogens is 1. The molecule has 3 aromatic rings. The molecule has 0 radical (unpaired) electrons. The van der Waals surface area contributed by atoms with Crippen molar-refractivity contribution in [3.63, 3.8) is 0 Å². The topological polar surface area (TPSA) is 65.4 Å². The Bertz CT molecular complexity index is 1050. The van der Waals surface area contributed by atoms with Gasteiger partial charge in [0.1, 0.15) is 17.4 Å². The van der Waals surface area contributed by atoms with Gasteiger partial charge in [-0.15, -0.1) is 0 Å². The van der Waals surface area contributed by atoms with E-state index in [1.165, 1.54) is 7.11 Å². The number of nitrogens with zero attached hydrogens (tertiary/aromatic N) is 2. The first-order chi connectivity index (χ1) is 15.1. The Hall–Kier alpha value is -3.75. The Morgan fingerprint density at radius 1 is 1.03 bits per heavy atom. The number of carbonyl (C=O) groups excluding carboxylic acids is 1. The molecule has 0 aromatic heterocycles. The van der Waals surface area contributed by atoms with E-state index in [1.807, 2.05) is 71.6 Å². The average molecular weight is 432 g/mol. The largest absolute Gasteiger partial charge is 0.495 e. The fraction of sp³-hybridized carbons (Fsp3) is 0.120. The van der Waals surface area contributed by atoms with Crippen molar-refractivity contribution in [2.45, 2.75) is 13.1 Å². The molecule has 0 unspecified atom stereocenters. The number of carbonyl (C=O) groups is 1. The predicted octanol–water partition coefficient (Wildman–Crippen LogP) is 5.40. The highest BCUT2D eigenvalue weighted by Crippen LogP contribution is 2.28. The number of rotatable bonds is 8. The lowest BCUT2D eigenvalue weighted by Crippen LogP contribution is -2.21. The van der Waals surface area contributed by atoms with Crippen LogP contribution < -0.4 is 10.1 Å². The zero-order valence-corrected chi connectivity index (χ0v) is 17.8. The van der Waals surface area contributed by atoms with E-state index >= 15 is 0 Å². The summed E-state index contributed by atoms with van der Waals surface area (Å²) in [5, 5.41) is 12.8. The van der Waals surface area contributed by atoms with Crippen molar-refractivity contribution < 1.29 is 9.53 Å². The van der Waals surface area contributed by atoms with Crippen LogP contribution in [0.25, 0.3) is 0 Å². The van der Waals surface area contributed by atoms with Crippen molar-refractivity contribution in [1.29, 1.82) is 5.26 Å². The van der Waals surface area contributed by atoms with Gasteiger partial charge in [0.05, 0.1) is 12.8 Å². The molecule has 0 atom stereocenters. The number of nitrogens with one attached hydrogen (secondary N) is 1. The van der Waals surface area contributed by atoms with Gasteiger partial charge in [-0.1, -0.05) is 72.3 Å². The van der Waals surface area contributed by atoms with Gasteiger partial charge in [-0.3, -0.25) is 4.79 Å². The minimum absolute atomic E-state index is 0.0195. The van der Waals surface area contributed by atoms with Gasteiger partial charge < -0.3 is 15.0 Å². The summed E-state index contributed by atoms with van der Waals surface area (Å²) < 4.78 is 5.27. The number of ether oxygens (including phenoxy) is 1. The molecule has 0 heterocycles. The van der Waals surface area contributed by atoms with Crippen LogP contribution in [0.3, 0.4) is 0 Å². The molecule has 1 N–H and O–H groups in total. The first kappa shape index (κ1) is 21.9. The molecule has 0 aliphatic rings. The normalized spacial score (nSPS) is 10.8. The van der Waals surface area contributed by atoms with Crippen molar-refractivity contribution in [2.24, 2.45) is 0 Å². The second kappa shape index (κ2) is 10.9. The highest BCUT2D eigenvalue weighted by atomic mass is 35.5. The molecule has 0 saturated carbocycles. The quantitative estimate of drug-likeness (QED) is 0.383. The summed E-state index contributed by atoms with van der Waals surface area (Å²) in [5.41, 5.74) is 2.53. The van der Waals surface area contributed by atoms with E-state index in [2.05, 4.69) is 5.32 Å². The van der Waals surface area contributed by atoms with Crippen LogP contribution in [0.1, 0.15) is 11.1 Å². The van der Waals surface area contributed by atoms with Gasteiger partial charge in [0.2, 0.25) is 0 Å². The van der Waals surface area contributed by atoms with Gasteiger partial charge in [0, 0.05) is 24.3 Å². The van der Waals surface area contributed by atoms with Gasteiger partial charge in [0.15, 0.2) is 0 Å². The lowest BCUT2D eigenvalue weighted by atomic mass is 10.1. The maximum Gasteiger partial charge on any atom is 0.267 e. The molecular weight excluding hydrogens is 410 g/mol. The third-order valence-corrected chi connectivity index (χ3v) is 4.78. The monoisotopic (exact) mass is 431 g/mol. The summed E-state index contributed by atoms with van der Waals surface area (Å²) in [6.07, 6.45) is 1.59. The van der Waals surface area contributed by atoms with Gasteiger partial charge in [-0.2, -0.15) is 5.26 Å². The van der Waals surface area contributed by atoms with Crippen molar-refractivity contribution in [1.82, 2.24) is 4.90 Å². The fourth-order valence-electron chi connectivity index (χ4n) is 3.07. The molecule has 5 nitrogen and oxygen atoms in total. The summed E-state index contributed by atoms with van der Waals surface area (Å²) in [6, 6.07) is 26.7. The van der Waals surface area contributed by atoms with E-state index in [9.17, 15) is 10.1 Å². The Morgan fingerprint density at radius 3 is 2.13 bits per heavy atom. The maximum absolute atomic E-state index is 12.8. The minimum atomic E-state index is -0.533. The number of methoxy groups -OCH3 is 1. The predicted molar refractivity (Wildman–Crippen MR) is 122 cm³/mol. The van der Waals surface area contributed by atoms with Crippen LogP contribution in [0, 0.1) is 11.3 Å². The van der Waals surface area contributed by atoms with Crippen molar-refractivity contribution in [2.75, 3.05) is 12.4 Å². The molecule has 0 saturated heterocycles. The second-order valence-electron chi connectivity index (χ2n) is 6.83. The Labute approximate surface area is 187 Å². The first-order valence-corrected chi connectivity index (χ1v) is 10.1. The van der Waals surface area contributed by atoms with Crippen LogP contribution in [0.15, 0.2) is 90.6 Å². The molecule has 3 rings (SSSR count). The van der Waals surface area contributed by atoms with E-state index in [1.54, 1.807) is 24.4 Å². The highest BCUT2D eigenvalue weighted by molar-refractivity contribution is 6.31. The number of nitriles is 1. The lowest BCUT2D eigenvalue weighted by Gasteiger charge is -2.21. The molecule has 0 spiro atoms. The third kappa shape index (κ3) is 6.36. The van der Waals surface area contributed by atoms with Crippen LogP contribution in [0.2, 0.25) is 5.02 Å². The van der Waals surface area contributed by atoms with E-state index in [0.717, 1.165) is 11.1 Å². The highest BCUT2D eigenvalue weighted by Gasteiger charge is 2.15. The standard InChI is InChI=1S/C25H22ClN3O2/c1-31-24-13-12-22(26)14-23(24)28-25(30)21(15-27)18-29(16-19-8-4-2-5-9-19)17-20-10-6-3-7-11-20/h2-14,18H,16-17H2,1H3,(H,28,30)/b21-18-. The van der Waals surface area contributed by atoms with E-state index in [-0.39, 0.29) is 5.57 Å². The molecule has 0 aliphatic carbocycles. The molecule has 6 heteroatoms. The minimum Gasteiger partial charge on any atom is -0.495 e. The zero-order valence-electron chi connectivity index (χ0n) is 17.1. The van der Waals surface area contributed by atoms with Gasteiger partial charge in [-0.05, 0) is 29.3 Å². The average Bonchev–Trinajstić information content (AvgIpc) is 2.79. The summed E-state index contributed by atoms with van der Waals surface area (Å²) in [7, 11) is 1.50. The number of amides is 1. The summed E-state index contributed by atoms with van der Waals surface area (Å²) in [4.78, 5) is 14.8. The second-order valence-corrected chi connectivity index (χ2v) is 7.27. The van der Waals surface area contributed by atoms with E-state index in [4.69, 9.17) is 16.3 Å². The van der Waals surface area contributed by atoms with Crippen molar-refractivity contribution >= 4 is 23.2 Å². The van der Waals surface area contributed by atoms with Gasteiger partial charge in [-0.25, -0.2) is 0 Å². The number of hydrogen-bond donors (Lipinski definition) is 1. The van der Waals surface area contributed by atoms with Crippen LogP contribution in [0.5, 0.6) is 5.75 Å². The smallest absolute Gasteiger partial charge is 0.267 e. The number of anilines is 1.